The van der Waals surface area contributed by atoms with Gasteiger partial charge in [0.2, 0.25) is 11.8 Å². The van der Waals surface area contributed by atoms with Crippen LogP contribution >= 0.6 is 0 Å². The van der Waals surface area contributed by atoms with Crippen LogP contribution in [0.3, 0.4) is 0 Å². The number of carbonyl (C=O) groups is 2. The SMILES string of the molecule is CNC(=O)[C@H](Cc1cn(C)c2ccccc12)NC(=O)[C@@H](N)Cc1ccccc1. The van der Waals surface area contributed by atoms with Crippen molar-refractivity contribution >= 4 is 22.7 Å². The minimum absolute atomic E-state index is 0.242. The van der Waals surface area contributed by atoms with Crippen molar-refractivity contribution in [3.63, 3.8) is 0 Å². The number of aromatic nitrogens is 1. The Hall–Kier alpha value is -3.12. The molecular formula is C22H26N4O2. The Morgan fingerprint density at radius 1 is 1.00 bits per heavy atom. The molecule has 2 aromatic carbocycles. The molecule has 6 heteroatoms. The molecule has 0 fully saturated rings. The van der Waals surface area contributed by atoms with E-state index in [1.807, 2.05) is 72.4 Å². The van der Waals surface area contributed by atoms with Gasteiger partial charge in [0.15, 0.2) is 0 Å². The fraction of sp³-hybridized carbons (Fsp3) is 0.273. The average Bonchev–Trinajstić information content (AvgIpc) is 3.03. The number of nitrogens with one attached hydrogen (secondary N) is 2. The zero-order valence-electron chi connectivity index (χ0n) is 16.2. The van der Waals surface area contributed by atoms with E-state index in [4.69, 9.17) is 5.73 Å². The topological polar surface area (TPSA) is 89.2 Å². The molecule has 0 radical (unpaired) electrons. The lowest BCUT2D eigenvalue weighted by Crippen LogP contribution is -2.52. The highest BCUT2D eigenvalue weighted by molar-refractivity contribution is 5.91. The predicted octanol–water partition coefficient (Wildman–Crippen LogP) is 1.52. The summed E-state index contributed by atoms with van der Waals surface area (Å²) in [6, 6.07) is 16.2. The van der Waals surface area contributed by atoms with Crippen LogP contribution in [-0.4, -0.2) is 35.5 Å². The van der Waals surface area contributed by atoms with Crippen LogP contribution in [0.5, 0.6) is 0 Å². The molecule has 1 heterocycles. The van der Waals surface area contributed by atoms with Gasteiger partial charge in [-0.3, -0.25) is 9.59 Å². The molecule has 0 aliphatic heterocycles. The quantitative estimate of drug-likeness (QED) is 0.582. The Kier molecular flexibility index (Phi) is 6.11. The van der Waals surface area contributed by atoms with E-state index in [0.717, 1.165) is 22.0 Å². The van der Waals surface area contributed by atoms with Crippen LogP contribution in [0.2, 0.25) is 0 Å². The van der Waals surface area contributed by atoms with Crippen molar-refractivity contribution in [2.45, 2.75) is 24.9 Å². The molecule has 0 aliphatic rings. The number of hydrogen-bond donors (Lipinski definition) is 3. The van der Waals surface area contributed by atoms with Gasteiger partial charge in [0.25, 0.3) is 0 Å². The summed E-state index contributed by atoms with van der Waals surface area (Å²) in [5.74, 6) is -0.578. The van der Waals surface area contributed by atoms with Crippen LogP contribution in [0.4, 0.5) is 0 Å². The Labute approximate surface area is 164 Å². The highest BCUT2D eigenvalue weighted by atomic mass is 16.2. The number of rotatable bonds is 7. The number of nitrogens with zero attached hydrogens (tertiary/aromatic N) is 1. The van der Waals surface area contributed by atoms with Crippen LogP contribution in [0.1, 0.15) is 11.1 Å². The zero-order chi connectivity index (χ0) is 20.1. The number of para-hydroxylation sites is 1. The summed E-state index contributed by atoms with van der Waals surface area (Å²) in [5, 5.41) is 6.53. The fourth-order valence-electron chi connectivity index (χ4n) is 3.43. The van der Waals surface area contributed by atoms with Gasteiger partial charge in [-0.1, -0.05) is 48.5 Å². The van der Waals surface area contributed by atoms with Gasteiger partial charge in [0.1, 0.15) is 6.04 Å². The molecule has 3 aromatic rings. The van der Waals surface area contributed by atoms with E-state index < -0.39 is 12.1 Å². The van der Waals surface area contributed by atoms with E-state index in [2.05, 4.69) is 10.6 Å². The van der Waals surface area contributed by atoms with E-state index in [1.54, 1.807) is 7.05 Å². The molecule has 2 amide bonds. The molecule has 3 rings (SSSR count). The van der Waals surface area contributed by atoms with Crippen molar-refractivity contribution in [1.82, 2.24) is 15.2 Å². The van der Waals surface area contributed by atoms with Crippen LogP contribution in [-0.2, 0) is 29.5 Å². The van der Waals surface area contributed by atoms with Crippen molar-refractivity contribution in [3.8, 4) is 0 Å². The number of likely N-dealkylation sites (N-methyl/N-ethyl adjacent to an activating group) is 1. The molecule has 0 bridgehead atoms. The Morgan fingerprint density at radius 3 is 2.39 bits per heavy atom. The third-order valence-corrected chi connectivity index (χ3v) is 4.92. The smallest absolute Gasteiger partial charge is 0.242 e. The Bertz CT molecular complexity index is 965. The minimum Gasteiger partial charge on any atom is -0.357 e. The van der Waals surface area contributed by atoms with Crippen molar-refractivity contribution in [2.24, 2.45) is 12.8 Å². The van der Waals surface area contributed by atoms with Gasteiger partial charge in [-0.25, -0.2) is 0 Å². The van der Waals surface area contributed by atoms with Crippen molar-refractivity contribution in [3.05, 3.63) is 71.9 Å². The van der Waals surface area contributed by atoms with Crippen LogP contribution in [0.25, 0.3) is 10.9 Å². The van der Waals surface area contributed by atoms with Gasteiger partial charge in [-0.05, 0) is 23.6 Å². The minimum atomic E-state index is -0.720. The third kappa shape index (κ3) is 4.40. The molecular weight excluding hydrogens is 352 g/mol. The number of amides is 2. The molecule has 0 aliphatic carbocycles. The summed E-state index contributed by atoms with van der Waals surface area (Å²) < 4.78 is 2.02. The molecule has 4 N–H and O–H groups in total. The molecule has 146 valence electrons. The number of hydrogen-bond acceptors (Lipinski definition) is 3. The summed E-state index contributed by atoms with van der Waals surface area (Å²) in [6.07, 6.45) is 2.81. The molecule has 0 unspecified atom stereocenters. The molecule has 0 saturated heterocycles. The normalized spacial score (nSPS) is 13.1. The Balaban J connectivity index is 1.75. The van der Waals surface area contributed by atoms with E-state index in [9.17, 15) is 9.59 Å². The first-order valence-electron chi connectivity index (χ1n) is 9.34. The first-order valence-corrected chi connectivity index (χ1v) is 9.34. The van der Waals surface area contributed by atoms with Gasteiger partial charge in [0, 0.05) is 37.6 Å². The molecule has 0 spiro atoms. The van der Waals surface area contributed by atoms with Gasteiger partial charge >= 0.3 is 0 Å². The number of fused-ring (bicyclic) bond motifs is 1. The standard InChI is InChI=1S/C22H26N4O2/c1-24-22(28)19(13-16-14-26(2)20-11-7-6-10-17(16)20)25-21(27)18(23)12-15-8-4-3-5-9-15/h3-11,14,18-19H,12-13,23H2,1-2H3,(H,24,28)(H,25,27)/t18-,19-/m0/s1. The maximum atomic E-state index is 12.6. The lowest BCUT2D eigenvalue weighted by Gasteiger charge is -2.20. The average molecular weight is 378 g/mol. The summed E-state index contributed by atoms with van der Waals surface area (Å²) in [6.45, 7) is 0. The third-order valence-electron chi connectivity index (χ3n) is 4.92. The fourth-order valence-corrected chi connectivity index (χ4v) is 3.43. The maximum Gasteiger partial charge on any atom is 0.242 e. The van der Waals surface area contributed by atoms with E-state index in [1.165, 1.54) is 0 Å². The number of benzene rings is 2. The number of aryl methyl sites for hydroxylation is 1. The van der Waals surface area contributed by atoms with E-state index >= 15 is 0 Å². The second-order valence-electron chi connectivity index (χ2n) is 6.96. The van der Waals surface area contributed by atoms with E-state index in [0.29, 0.717) is 12.8 Å². The van der Waals surface area contributed by atoms with Crippen molar-refractivity contribution in [2.75, 3.05) is 7.05 Å². The molecule has 6 nitrogen and oxygen atoms in total. The van der Waals surface area contributed by atoms with Gasteiger partial charge in [0.05, 0.1) is 6.04 Å². The van der Waals surface area contributed by atoms with Crippen molar-refractivity contribution < 1.29 is 9.59 Å². The monoisotopic (exact) mass is 378 g/mol. The second-order valence-corrected chi connectivity index (χ2v) is 6.96. The highest BCUT2D eigenvalue weighted by Gasteiger charge is 2.24. The van der Waals surface area contributed by atoms with Crippen LogP contribution in [0, 0.1) is 0 Å². The highest BCUT2D eigenvalue weighted by Crippen LogP contribution is 2.21. The predicted molar refractivity (Wildman–Crippen MR) is 111 cm³/mol. The van der Waals surface area contributed by atoms with Crippen LogP contribution < -0.4 is 16.4 Å². The zero-order valence-corrected chi connectivity index (χ0v) is 16.2. The molecule has 1 aromatic heterocycles. The van der Waals surface area contributed by atoms with Gasteiger partial charge in [-0.15, -0.1) is 0 Å². The lowest BCUT2D eigenvalue weighted by atomic mass is 10.0. The van der Waals surface area contributed by atoms with E-state index in [-0.39, 0.29) is 11.8 Å². The second kappa shape index (κ2) is 8.71. The summed E-state index contributed by atoms with van der Waals surface area (Å²) in [5.41, 5.74) is 9.15. The number of carbonyl (C=O) groups excluding carboxylic acids is 2. The van der Waals surface area contributed by atoms with Crippen molar-refractivity contribution in [1.29, 1.82) is 0 Å². The van der Waals surface area contributed by atoms with Gasteiger partial charge in [-0.2, -0.15) is 0 Å². The molecule has 2 atom stereocenters. The summed E-state index contributed by atoms with van der Waals surface area (Å²) in [4.78, 5) is 25.0. The lowest BCUT2D eigenvalue weighted by molar-refractivity contribution is -0.129. The molecule has 0 saturated carbocycles. The number of nitrogens with two attached hydrogens (primary N) is 1. The van der Waals surface area contributed by atoms with Gasteiger partial charge < -0.3 is 20.9 Å². The Morgan fingerprint density at radius 2 is 1.68 bits per heavy atom. The summed E-state index contributed by atoms with van der Waals surface area (Å²) >= 11 is 0. The largest absolute Gasteiger partial charge is 0.357 e. The van der Waals surface area contributed by atoms with Crippen LogP contribution in [0.15, 0.2) is 60.8 Å². The first-order chi connectivity index (χ1) is 13.5. The first kappa shape index (κ1) is 19.6. The molecule has 28 heavy (non-hydrogen) atoms. The summed E-state index contributed by atoms with van der Waals surface area (Å²) in [7, 11) is 3.53. The maximum absolute atomic E-state index is 12.6.